The summed E-state index contributed by atoms with van der Waals surface area (Å²) in [6.45, 7) is 0. The van der Waals surface area contributed by atoms with Crippen molar-refractivity contribution in [2.75, 3.05) is 7.11 Å². The Morgan fingerprint density at radius 1 is 1.29 bits per heavy atom. The molecule has 0 aliphatic heterocycles. The molecule has 94 valence electrons. The minimum atomic E-state index is -0.301. The minimum absolute atomic E-state index is 0.140. The molecule has 1 aromatic carbocycles. The molecule has 1 aromatic rings. The summed E-state index contributed by atoms with van der Waals surface area (Å²) >= 11 is 0. The van der Waals surface area contributed by atoms with Crippen molar-refractivity contribution in [3.63, 3.8) is 0 Å². The van der Waals surface area contributed by atoms with Crippen LogP contribution in [0, 0.1) is 5.82 Å². The lowest BCUT2D eigenvalue weighted by molar-refractivity contribution is 0.293. The van der Waals surface area contributed by atoms with Gasteiger partial charge in [0.2, 0.25) is 0 Å². The van der Waals surface area contributed by atoms with E-state index in [4.69, 9.17) is 10.5 Å². The summed E-state index contributed by atoms with van der Waals surface area (Å²) in [5.74, 6) is -0.00660. The fourth-order valence-electron chi connectivity index (χ4n) is 2.66. The van der Waals surface area contributed by atoms with Crippen LogP contribution in [0.1, 0.15) is 37.7 Å². The highest BCUT2D eigenvalue weighted by molar-refractivity contribution is 5.30. The fraction of sp³-hybridized carbons (Fsp3) is 0.571. The summed E-state index contributed by atoms with van der Waals surface area (Å²) in [5.41, 5.74) is 7.18. The van der Waals surface area contributed by atoms with Crippen LogP contribution in [0.5, 0.6) is 5.75 Å². The van der Waals surface area contributed by atoms with Gasteiger partial charge in [0, 0.05) is 5.54 Å². The van der Waals surface area contributed by atoms with Gasteiger partial charge in [-0.05, 0) is 37.0 Å². The van der Waals surface area contributed by atoms with E-state index in [0.717, 1.165) is 24.8 Å². The van der Waals surface area contributed by atoms with E-state index >= 15 is 0 Å². The van der Waals surface area contributed by atoms with Crippen LogP contribution >= 0.6 is 0 Å². The summed E-state index contributed by atoms with van der Waals surface area (Å²) in [6.07, 6.45) is 6.50. The summed E-state index contributed by atoms with van der Waals surface area (Å²) < 4.78 is 18.5. The molecule has 0 heterocycles. The molecule has 0 atom stereocenters. The minimum Gasteiger partial charge on any atom is -0.494 e. The molecule has 0 spiro atoms. The Balaban J connectivity index is 2.10. The zero-order valence-electron chi connectivity index (χ0n) is 10.3. The lowest BCUT2D eigenvalue weighted by Gasteiger charge is -2.33. The van der Waals surface area contributed by atoms with Gasteiger partial charge in [-0.2, -0.15) is 0 Å². The number of ether oxygens (including phenoxy) is 1. The van der Waals surface area contributed by atoms with E-state index in [1.165, 1.54) is 26.4 Å². The number of benzene rings is 1. The maximum Gasteiger partial charge on any atom is 0.165 e. The zero-order chi connectivity index (χ0) is 12.3. The highest BCUT2D eigenvalue weighted by Gasteiger charge is 2.27. The Bertz CT molecular complexity index is 386. The SMILES string of the molecule is COc1ccc(CC2(N)CCCCC2)cc1F. The quantitative estimate of drug-likeness (QED) is 0.877. The number of methoxy groups -OCH3 is 1. The first kappa shape index (κ1) is 12.4. The Morgan fingerprint density at radius 3 is 2.59 bits per heavy atom. The first-order valence-electron chi connectivity index (χ1n) is 6.24. The molecule has 1 aliphatic rings. The van der Waals surface area contributed by atoms with Crippen LogP contribution in [0.15, 0.2) is 18.2 Å². The van der Waals surface area contributed by atoms with Gasteiger partial charge in [-0.25, -0.2) is 4.39 Å². The molecule has 0 saturated heterocycles. The van der Waals surface area contributed by atoms with Crippen molar-refractivity contribution in [1.82, 2.24) is 0 Å². The zero-order valence-corrected chi connectivity index (χ0v) is 10.3. The maximum atomic E-state index is 13.6. The van der Waals surface area contributed by atoms with Crippen molar-refractivity contribution < 1.29 is 9.13 Å². The average molecular weight is 237 g/mol. The molecule has 1 aliphatic carbocycles. The van der Waals surface area contributed by atoms with Crippen molar-refractivity contribution in [3.8, 4) is 5.75 Å². The third-order valence-electron chi connectivity index (χ3n) is 3.62. The molecule has 1 saturated carbocycles. The summed E-state index contributed by atoms with van der Waals surface area (Å²) in [4.78, 5) is 0. The van der Waals surface area contributed by atoms with Crippen molar-refractivity contribution in [1.29, 1.82) is 0 Å². The maximum absolute atomic E-state index is 13.6. The monoisotopic (exact) mass is 237 g/mol. The Morgan fingerprint density at radius 2 is 2.00 bits per heavy atom. The fourth-order valence-corrected chi connectivity index (χ4v) is 2.66. The largest absolute Gasteiger partial charge is 0.494 e. The van der Waals surface area contributed by atoms with Gasteiger partial charge in [0.05, 0.1) is 7.11 Å². The van der Waals surface area contributed by atoms with Gasteiger partial charge in [-0.3, -0.25) is 0 Å². The second-order valence-corrected chi connectivity index (χ2v) is 5.07. The predicted molar refractivity (Wildman–Crippen MR) is 66.7 cm³/mol. The van der Waals surface area contributed by atoms with Gasteiger partial charge in [0.25, 0.3) is 0 Å². The van der Waals surface area contributed by atoms with Crippen LogP contribution in [0.2, 0.25) is 0 Å². The first-order valence-corrected chi connectivity index (χ1v) is 6.24. The Labute approximate surface area is 102 Å². The van der Waals surface area contributed by atoms with Crippen LogP contribution in [0.3, 0.4) is 0 Å². The van der Waals surface area contributed by atoms with E-state index in [-0.39, 0.29) is 11.4 Å². The molecule has 0 bridgehead atoms. The van der Waals surface area contributed by atoms with Crippen molar-refractivity contribution >= 4 is 0 Å². The summed E-state index contributed by atoms with van der Waals surface area (Å²) in [6, 6.07) is 5.13. The third kappa shape index (κ3) is 2.97. The van der Waals surface area contributed by atoms with Gasteiger partial charge in [-0.1, -0.05) is 25.3 Å². The van der Waals surface area contributed by atoms with Crippen LogP contribution in [0.25, 0.3) is 0 Å². The molecule has 0 aromatic heterocycles. The van der Waals surface area contributed by atoms with Gasteiger partial charge >= 0.3 is 0 Å². The number of rotatable bonds is 3. The molecule has 17 heavy (non-hydrogen) atoms. The highest BCUT2D eigenvalue weighted by Crippen LogP contribution is 2.30. The molecule has 3 heteroatoms. The highest BCUT2D eigenvalue weighted by atomic mass is 19.1. The lowest BCUT2D eigenvalue weighted by Crippen LogP contribution is -2.43. The van der Waals surface area contributed by atoms with E-state index in [9.17, 15) is 4.39 Å². The topological polar surface area (TPSA) is 35.2 Å². The second-order valence-electron chi connectivity index (χ2n) is 5.07. The van der Waals surface area contributed by atoms with E-state index in [0.29, 0.717) is 5.75 Å². The normalized spacial score (nSPS) is 19.0. The van der Waals surface area contributed by atoms with Gasteiger partial charge in [-0.15, -0.1) is 0 Å². The van der Waals surface area contributed by atoms with Crippen LogP contribution in [-0.4, -0.2) is 12.6 Å². The molecule has 2 nitrogen and oxygen atoms in total. The van der Waals surface area contributed by atoms with Crippen molar-refractivity contribution in [3.05, 3.63) is 29.6 Å². The smallest absolute Gasteiger partial charge is 0.165 e. The number of halogens is 1. The Hall–Kier alpha value is -1.09. The molecule has 0 unspecified atom stereocenters. The summed E-state index contributed by atoms with van der Waals surface area (Å²) in [5, 5.41) is 0. The van der Waals surface area contributed by atoms with Crippen LogP contribution in [-0.2, 0) is 6.42 Å². The molecule has 2 rings (SSSR count). The predicted octanol–water partition coefficient (Wildman–Crippen LogP) is 3.04. The standard InChI is InChI=1S/C14H20FNO/c1-17-13-6-5-11(9-12(13)15)10-14(16)7-3-2-4-8-14/h5-6,9H,2-4,7-8,10,16H2,1H3. The number of nitrogens with two attached hydrogens (primary N) is 1. The van der Waals surface area contributed by atoms with E-state index < -0.39 is 0 Å². The molecule has 2 N–H and O–H groups in total. The van der Waals surface area contributed by atoms with Gasteiger partial charge in [0.1, 0.15) is 0 Å². The molecular weight excluding hydrogens is 217 g/mol. The number of hydrogen-bond donors (Lipinski definition) is 1. The molecule has 1 fully saturated rings. The summed E-state index contributed by atoms with van der Waals surface area (Å²) in [7, 11) is 1.48. The van der Waals surface area contributed by atoms with Gasteiger partial charge in [0.15, 0.2) is 11.6 Å². The van der Waals surface area contributed by atoms with E-state index in [2.05, 4.69) is 0 Å². The number of hydrogen-bond acceptors (Lipinski definition) is 2. The van der Waals surface area contributed by atoms with Crippen LogP contribution < -0.4 is 10.5 Å². The van der Waals surface area contributed by atoms with E-state index in [1.807, 2.05) is 6.07 Å². The van der Waals surface area contributed by atoms with Crippen molar-refractivity contribution in [2.24, 2.45) is 5.73 Å². The van der Waals surface area contributed by atoms with Gasteiger partial charge < -0.3 is 10.5 Å². The van der Waals surface area contributed by atoms with Crippen molar-refractivity contribution in [2.45, 2.75) is 44.1 Å². The first-order chi connectivity index (χ1) is 8.13. The Kier molecular flexibility index (Phi) is 3.67. The van der Waals surface area contributed by atoms with E-state index in [1.54, 1.807) is 12.1 Å². The average Bonchev–Trinajstić information content (AvgIpc) is 2.29. The lowest BCUT2D eigenvalue weighted by atomic mass is 9.78. The van der Waals surface area contributed by atoms with Crippen LogP contribution in [0.4, 0.5) is 4.39 Å². The molecular formula is C14H20FNO. The molecule has 0 amide bonds. The third-order valence-corrected chi connectivity index (χ3v) is 3.62. The molecule has 0 radical (unpaired) electrons. The second kappa shape index (κ2) is 5.05.